The number of benzene rings is 7. The Labute approximate surface area is 314 Å². The normalized spacial score (nSPS) is 11.5. The number of fused-ring (bicyclic) bond motifs is 3. The third kappa shape index (κ3) is 6.08. The van der Waals surface area contributed by atoms with Gasteiger partial charge in [0, 0.05) is 33.0 Å². The summed E-state index contributed by atoms with van der Waals surface area (Å²) in [5, 5.41) is 11.7. The summed E-state index contributed by atoms with van der Waals surface area (Å²) in [6, 6.07) is 53.7. The van der Waals surface area contributed by atoms with Crippen molar-refractivity contribution < 1.29 is 13.2 Å². The number of nitrogens with zero attached hydrogens (tertiary/aromatic N) is 5. The van der Waals surface area contributed by atoms with E-state index in [2.05, 4.69) is 6.07 Å². The molecule has 0 fully saturated rings. The summed E-state index contributed by atoms with van der Waals surface area (Å²) in [6.45, 7) is 0. The van der Waals surface area contributed by atoms with Gasteiger partial charge in [0.05, 0.1) is 33.9 Å². The summed E-state index contributed by atoms with van der Waals surface area (Å²) in [5.41, 5.74) is 6.21. The Balaban J connectivity index is 1.34. The van der Waals surface area contributed by atoms with E-state index >= 15 is 0 Å². The molecule has 0 saturated heterocycles. The van der Waals surface area contributed by atoms with Crippen molar-refractivity contribution in [2.24, 2.45) is 0 Å². The summed E-state index contributed by atoms with van der Waals surface area (Å²) in [6.07, 6.45) is -4.60. The zero-order valence-corrected chi connectivity index (χ0v) is 29.0. The number of aromatic nitrogens is 4. The molecule has 5 nitrogen and oxygen atoms in total. The van der Waals surface area contributed by atoms with Gasteiger partial charge in [0.15, 0.2) is 17.5 Å². The average molecular weight is 720 g/mol. The van der Waals surface area contributed by atoms with Gasteiger partial charge in [-0.2, -0.15) is 18.4 Å². The molecule has 8 heteroatoms. The molecule has 0 aliphatic heterocycles. The van der Waals surface area contributed by atoms with Crippen LogP contribution in [0.4, 0.5) is 13.2 Å². The lowest BCUT2D eigenvalue weighted by atomic mass is 9.95. The van der Waals surface area contributed by atoms with E-state index in [1.165, 1.54) is 12.1 Å². The molecular formula is C47H28F3N5. The number of hydrogen-bond acceptors (Lipinski definition) is 4. The van der Waals surface area contributed by atoms with Crippen LogP contribution >= 0.6 is 0 Å². The predicted molar refractivity (Wildman–Crippen MR) is 211 cm³/mol. The van der Waals surface area contributed by atoms with Gasteiger partial charge in [0.2, 0.25) is 0 Å². The van der Waals surface area contributed by atoms with E-state index in [9.17, 15) is 18.4 Å². The van der Waals surface area contributed by atoms with Crippen molar-refractivity contribution in [3.8, 4) is 68.2 Å². The van der Waals surface area contributed by atoms with E-state index < -0.39 is 11.7 Å². The molecule has 9 aromatic rings. The molecule has 7 aromatic carbocycles. The molecular weight excluding hydrogens is 692 g/mol. The molecule has 0 radical (unpaired) electrons. The van der Waals surface area contributed by atoms with Gasteiger partial charge in [-0.3, -0.25) is 0 Å². The highest BCUT2D eigenvalue weighted by Gasteiger charge is 2.34. The SMILES string of the molecule is N#Cc1ccccc1-c1ccc2c(c1)c1ccccc1n2-c1cc(-c2nc(-c3ccccc3)nc(-c3ccccc3)n2)ccc1-c1ccccc1C(F)(F)F. The molecule has 262 valence electrons. The maximum atomic E-state index is 14.7. The molecule has 0 aliphatic rings. The van der Waals surface area contributed by atoms with Crippen molar-refractivity contribution in [2.45, 2.75) is 6.18 Å². The van der Waals surface area contributed by atoms with Crippen LogP contribution in [0.3, 0.4) is 0 Å². The quantitative estimate of drug-likeness (QED) is 0.172. The minimum absolute atomic E-state index is 0.0487. The van der Waals surface area contributed by atoms with Crippen LogP contribution in [0, 0.1) is 11.3 Å². The largest absolute Gasteiger partial charge is 0.417 e. The number of hydrogen-bond donors (Lipinski definition) is 0. The van der Waals surface area contributed by atoms with Crippen LogP contribution < -0.4 is 0 Å². The smallest absolute Gasteiger partial charge is 0.309 e. The third-order valence-corrected chi connectivity index (χ3v) is 9.75. The fourth-order valence-electron chi connectivity index (χ4n) is 7.22. The Morgan fingerprint density at radius 3 is 1.67 bits per heavy atom. The zero-order chi connectivity index (χ0) is 37.5. The highest BCUT2D eigenvalue weighted by Crippen LogP contribution is 2.43. The summed E-state index contributed by atoms with van der Waals surface area (Å²) in [7, 11) is 0. The lowest BCUT2D eigenvalue weighted by Gasteiger charge is -2.19. The Morgan fingerprint density at radius 1 is 0.455 bits per heavy atom. The van der Waals surface area contributed by atoms with Crippen molar-refractivity contribution in [3.63, 3.8) is 0 Å². The van der Waals surface area contributed by atoms with E-state index in [0.29, 0.717) is 39.9 Å². The second-order valence-electron chi connectivity index (χ2n) is 13.1. The lowest BCUT2D eigenvalue weighted by molar-refractivity contribution is -0.137. The molecule has 0 unspecified atom stereocenters. The summed E-state index contributed by atoms with van der Waals surface area (Å²) < 4.78 is 46.0. The molecule has 2 aromatic heterocycles. The molecule has 0 amide bonds. The van der Waals surface area contributed by atoms with Crippen LogP contribution in [-0.4, -0.2) is 19.5 Å². The van der Waals surface area contributed by atoms with Gasteiger partial charge in [-0.15, -0.1) is 0 Å². The molecule has 9 rings (SSSR count). The van der Waals surface area contributed by atoms with E-state index in [1.54, 1.807) is 24.3 Å². The fourth-order valence-corrected chi connectivity index (χ4v) is 7.22. The number of halogens is 3. The van der Waals surface area contributed by atoms with Gasteiger partial charge in [-0.05, 0) is 53.1 Å². The van der Waals surface area contributed by atoms with Crippen molar-refractivity contribution in [1.82, 2.24) is 19.5 Å². The molecule has 0 bridgehead atoms. The lowest BCUT2D eigenvalue weighted by Crippen LogP contribution is -2.08. The highest BCUT2D eigenvalue weighted by atomic mass is 19.4. The maximum absolute atomic E-state index is 14.7. The van der Waals surface area contributed by atoms with Crippen LogP contribution in [-0.2, 0) is 6.18 Å². The molecule has 2 heterocycles. The minimum Gasteiger partial charge on any atom is -0.309 e. The van der Waals surface area contributed by atoms with E-state index in [-0.39, 0.29) is 5.56 Å². The number of alkyl halides is 3. The molecule has 0 N–H and O–H groups in total. The Bertz CT molecular complexity index is 2870. The Kier molecular flexibility index (Phi) is 8.25. The molecule has 0 spiro atoms. The van der Waals surface area contributed by atoms with Crippen LogP contribution in [0.1, 0.15) is 11.1 Å². The average Bonchev–Trinajstić information content (AvgIpc) is 3.57. The van der Waals surface area contributed by atoms with E-state index in [1.807, 2.05) is 132 Å². The number of nitriles is 1. The summed E-state index contributed by atoms with van der Waals surface area (Å²) in [4.78, 5) is 14.7. The first-order valence-electron chi connectivity index (χ1n) is 17.6. The van der Waals surface area contributed by atoms with E-state index in [0.717, 1.165) is 50.1 Å². The number of rotatable bonds is 6. The summed E-state index contributed by atoms with van der Waals surface area (Å²) >= 11 is 0. The first kappa shape index (κ1) is 33.5. The Hall–Kier alpha value is -7.37. The monoisotopic (exact) mass is 719 g/mol. The van der Waals surface area contributed by atoms with Crippen LogP contribution in [0.2, 0.25) is 0 Å². The van der Waals surface area contributed by atoms with Crippen molar-refractivity contribution >= 4 is 21.8 Å². The van der Waals surface area contributed by atoms with Gasteiger partial charge in [0.25, 0.3) is 0 Å². The standard InChI is InChI=1S/C47H28F3N5/c48-47(49,50)40-21-11-9-19-36(40)38-25-23-33(46-53-44(30-13-3-1-4-14-30)52-45(54-46)31-15-5-2-6-16-31)28-43(38)55-41-22-12-10-20-37(41)39-27-32(24-26-42(39)55)35-18-8-7-17-34(35)29-51/h1-28H. The molecule has 0 aliphatic carbocycles. The van der Waals surface area contributed by atoms with Crippen molar-refractivity contribution in [1.29, 1.82) is 5.26 Å². The second-order valence-corrected chi connectivity index (χ2v) is 13.1. The van der Waals surface area contributed by atoms with Gasteiger partial charge in [0.1, 0.15) is 0 Å². The van der Waals surface area contributed by atoms with Gasteiger partial charge in [-0.1, -0.05) is 133 Å². The fraction of sp³-hybridized carbons (Fsp3) is 0.0213. The van der Waals surface area contributed by atoms with Crippen LogP contribution in [0.25, 0.3) is 83.9 Å². The Morgan fingerprint density at radius 2 is 1.00 bits per heavy atom. The zero-order valence-electron chi connectivity index (χ0n) is 29.0. The third-order valence-electron chi connectivity index (χ3n) is 9.75. The molecule has 0 atom stereocenters. The van der Waals surface area contributed by atoms with E-state index in [4.69, 9.17) is 15.0 Å². The van der Waals surface area contributed by atoms with Crippen molar-refractivity contribution in [3.05, 3.63) is 181 Å². The topological polar surface area (TPSA) is 67.4 Å². The van der Waals surface area contributed by atoms with Crippen LogP contribution in [0.15, 0.2) is 170 Å². The first-order chi connectivity index (χ1) is 26.9. The first-order valence-corrected chi connectivity index (χ1v) is 17.6. The maximum Gasteiger partial charge on any atom is 0.417 e. The molecule has 55 heavy (non-hydrogen) atoms. The number of para-hydroxylation sites is 1. The second kappa shape index (κ2) is 13.6. The predicted octanol–water partition coefficient (Wildman–Crippen LogP) is 12.2. The van der Waals surface area contributed by atoms with Gasteiger partial charge >= 0.3 is 6.18 Å². The van der Waals surface area contributed by atoms with Crippen molar-refractivity contribution in [2.75, 3.05) is 0 Å². The summed E-state index contributed by atoms with van der Waals surface area (Å²) in [5.74, 6) is 1.32. The van der Waals surface area contributed by atoms with Gasteiger partial charge in [-0.25, -0.2) is 15.0 Å². The minimum atomic E-state index is -4.60. The molecule has 0 saturated carbocycles. The highest BCUT2D eigenvalue weighted by molar-refractivity contribution is 6.11. The van der Waals surface area contributed by atoms with Gasteiger partial charge < -0.3 is 4.57 Å². The van der Waals surface area contributed by atoms with Crippen LogP contribution in [0.5, 0.6) is 0 Å².